The van der Waals surface area contributed by atoms with E-state index in [1.165, 1.54) is 12.1 Å². The largest absolute Gasteiger partial charge is 0.389 e. The summed E-state index contributed by atoms with van der Waals surface area (Å²) < 4.78 is 28.1. The minimum Gasteiger partial charge on any atom is -0.389 e. The summed E-state index contributed by atoms with van der Waals surface area (Å²) >= 11 is 3.06. The Morgan fingerprint density at radius 2 is 2.00 bits per heavy atom. The molecule has 4 heteroatoms. The van der Waals surface area contributed by atoms with Crippen molar-refractivity contribution >= 4 is 21.5 Å². The summed E-state index contributed by atoms with van der Waals surface area (Å²) in [6.45, 7) is 3.97. The van der Waals surface area contributed by atoms with Crippen LogP contribution in [0.25, 0.3) is 5.57 Å². The van der Waals surface area contributed by atoms with Crippen LogP contribution in [0.2, 0.25) is 0 Å². The van der Waals surface area contributed by atoms with Crippen molar-refractivity contribution in [1.29, 1.82) is 0 Å². The Balaban J connectivity index is 2.52. The topological polar surface area (TPSA) is 20.2 Å². The van der Waals surface area contributed by atoms with Crippen molar-refractivity contribution in [3.05, 3.63) is 39.9 Å². The second-order valence-corrected chi connectivity index (χ2v) is 6.38. The molecule has 1 N–H and O–H groups in total. The second-order valence-electron chi connectivity index (χ2n) is 5.52. The SMILES string of the molecule is CC1(C)CC(c2c(F)ccc(Br)c2F)=CC(O)C1. The van der Waals surface area contributed by atoms with E-state index in [9.17, 15) is 13.9 Å². The quantitative estimate of drug-likeness (QED) is 0.766. The number of hydrogen-bond acceptors (Lipinski definition) is 1. The molecule has 1 unspecified atom stereocenters. The van der Waals surface area contributed by atoms with Crippen molar-refractivity contribution in [2.24, 2.45) is 5.41 Å². The molecule has 18 heavy (non-hydrogen) atoms. The Kier molecular flexibility index (Phi) is 3.60. The molecule has 98 valence electrons. The van der Waals surface area contributed by atoms with Gasteiger partial charge in [-0.25, -0.2) is 8.78 Å². The molecule has 1 atom stereocenters. The van der Waals surface area contributed by atoms with Crippen LogP contribution in [-0.4, -0.2) is 11.2 Å². The molecule has 0 fully saturated rings. The van der Waals surface area contributed by atoms with Gasteiger partial charge in [-0.15, -0.1) is 0 Å². The molecule has 1 aromatic carbocycles. The van der Waals surface area contributed by atoms with Crippen molar-refractivity contribution in [3.63, 3.8) is 0 Å². The molecule has 0 saturated carbocycles. The van der Waals surface area contributed by atoms with Gasteiger partial charge in [0, 0.05) is 0 Å². The Morgan fingerprint density at radius 1 is 1.33 bits per heavy atom. The summed E-state index contributed by atoms with van der Waals surface area (Å²) in [5, 5.41) is 9.79. The van der Waals surface area contributed by atoms with Gasteiger partial charge in [-0.05, 0) is 51.9 Å². The van der Waals surface area contributed by atoms with Crippen molar-refractivity contribution in [3.8, 4) is 0 Å². The first-order chi connectivity index (χ1) is 8.30. The smallest absolute Gasteiger partial charge is 0.147 e. The molecule has 1 aliphatic carbocycles. The molecule has 0 aromatic heterocycles. The highest BCUT2D eigenvalue weighted by molar-refractivity contribution is 9.10. The fourth-order valence-corrected chi connectivity index (χ4v) is 2.83. The van der Waals surface area contributed by atoms with Gasteiger partial charge in [-0.3, -0.25) is 0 Å². The van der Waals surface area contributed by atoms with Gasteiger partial charge in [0.05, 0.1) is 16.1 Å². The standard InChI is InChI=1S/C14H15BrF2O/c1-14(2)6-8(5-9(18)7-14)12-11(16)4-3-10(15)13(12)17/h3-5,9,18H,6-7H2,1-2H3. The van der Waals surface area contributed by atoms with Crippen molar-refractivity contribution in [1.82, 2.24) is 0 Å². The van der Waals surface area contributed by atoms with Gasteiger partial charge in [0.1, 0.15) is 11.6 Å². The maximum Gasteiger partial charge on any atom is 0.147 e. The van der Waals surface area contributed by atoms with Crippen LogP contribution >= 0.6 is 15.9 Å². The normalized spacial score (nSPS) is 22.8. The first-order valence-electron chi connectivity index (χ1n) is 5.83. The summed E-state index contributed by atoms with van der Waals surface area (Å²) in [4.78, 5) is 0. The Bertz CT molecular complexity index is 509. The van der Waals surface area contributed by atoms with Gasteiger partial charge in [0.25, 0.3) is 0 Å². The number of rotatable bonds is 1. The molecule has 1 nitrogen and oxygen atoms in total. The summed E-state index contributed by atoms with van der Waals surface area (Å²) in [5.74, 6) is -1.20. The summed E-state index contributed by atoms with van der Waals surface area (Å²) in [6.07, 6.45) is 2.06. The van der Waals surface area contributed by atoms with E-state index in [0.29, 0.717) is 18.4 Å². The van der Waals surface area contributed by atoms with Crippen LogP contribution in [0.1, 0.15) is 32.3 Å². The van der Waals surface area contributed by atoms with Gasteiger partial charge in [-0.1, -0.05) is 19.9 Å². The highest BCUT2D eigenvalue weighted by Gasteiger charge is 2.30. The molecule has 2 rings (SSSR count). The molecule has 0 aliphatic heterocycles. The lowest BCUT2D eigenvalue weighted by atomic mass is 9.74. The molecule has 0 radical (unpaired) electrons. The fraction of sp³-hybridized carbons (Fsp3) is 0.429. The van der Waals surface area contributed by atoms with Crippen LogP contribution in [0.5, 0.6) is 0 Å². The average Bonchev–Trinajstić information content (AvgIpc) is 2.21. The Hall–Kier alpha value is -0.740. The highest BCUT2D eigenvalue weighted by Crippen LogP contribution is 2.41. The minimum atomic E-state index is -0.651. The summed E-state index contributed by atoms with van der Waals surface area (Å²) in [6, 6.07) is 2.58. The Labute approximate surface area is 114 Å². The molecule has 0 saturated heterocycles. The lowest BCUT2D eigenvalue weighted by Gasteiger charge is -2.33. The molecule has 0 bridgehead atoms. The molecule has 0 amide bonds. The molecule has 1 aliphatic rings. The van der Waals surface area contributed by atoms with Crippen LogP contribution < -0.4 is 0 Å². The molecular weight excluding hydrogens is 302 g/mol. The van der Waals surface area contributed by atoms with Crippen LogP contribution in [-0.2, 0) is 0 Å². The number of hydrogen-bond donors (Lipinski definition) is 1. The lowest BCUT2D eigenvalue weighted by molar-refractivity contribution is 0.146. The van der Waals surface area contributed by atoms with E-state index < -0.39 is 17.7 Å². The van der Waals surface area contributed by atoms with Crippen LogP contribution in [0.4, 0.5) is 8.78 Å². The fourth-order valence-electron chi connectivity index (χ4n) is 2.50. The maximum atomic E-state index is 14.0. The van der Waals surface area contributed by atoms with E-state index in [1.807, 2.05) is 13.8 Å². The predicted octanol–water partition coefficient (Wildman–Crippen LogP) is 4.29. The van der Waals surface area contributed by atoms with Gasteiger partial charge in [-0.2, -0.15) is 0 Å². The summed E-state index contributed by atoms with van der Waals surface area (Å²) in [7, 11) is 0. The van der Waals surface area contributed by atoms with E-state index in [2.05, 4.69) is 15.9 Å². The van der Waals surface area contributed by atoms with E-state index >= 15 is 0 Å². The van der Waals surface area contributed by atoms with Crippen LogP contribution in [0.15, 0.2) is 22.7 Å². The van der Waals surface area contributed by atoms with Gasteiger partial charge in [0.15, 0.2) is 0 Å². The Morgan fingerprint density at radius 3 is 2.61 bits per heavy atom. The average molecular weight is 317 g/mol. The molecule has 1 aromatic rings. The third kappa shape index (κ3) is 2.64. The third-order valence-electron chi connectivity index (χ3n) is 3.19. The minimum absolute atomic E-state index is 0.0313. The van der Waals surface area contributed by atoms with Gasteiger partial charge >= 0.3 is 0 Å². The zero-order chi connectivity index (χ0) is 13.5. The van der Waals surface area contributed by atoms with E-state index in [0.717, 1.165) is 0 Å². The molecule has 0 heterocycles. The summed E-state index contributed by atoms with van der Waals surface area (Å²) in [5.41, 5.74) is 0.344. The lowest BCUT2D eigenvalue weighted by Crippen LogP contribution is -2.25. The number of aliphatic hydroxyl groups is 1. The van der Waals surface area contributed by atoms with Crippen LogP contribution in [0, 0.1) is 17.0 Å². The van der Waals surface area contributed by atoms with Crippen LogP contribution in [0.3, 0.4) is 0 Å². The van der Waals surface area contributed by atoms with E-state index in [1.54, 1.807) is 6.08 Å². The second kappa shape index (κ2) is 4.74. The third-order valence-corrected chi connectivity index (χ3v) is 3.80. The number of halogens is 3. The van der Waals surface area contributed by atoms with E-state index in [4.69, 9.17) is 0 Å². The highest BCUT2D eigenvalue weighted by atomic mass is 79.9. The van der Waals surface area contributed by atoms with Crippen molar-refractivity contribution in [2.75, 3.05) is 0 Å². The zero-order valence-electron chi connectivity index (χ0n) is 10.3. The first kappa shape index (κ1) is 13.7. The van der Waals surface area contributed by atoms with Gasteiger partial charge < -0.3 is 5.11 Å². The van der Waals surface area contributed by atoms with Crippen molar-refractivity contribution < 1.29 is 13.9 Å². The van der Waals surface area contributed by atoms with Crippen molar-refractivity contribution in [2.45, 2.75) is 32.8 Å². The predicted molar refractivity (Wildman–Crippen MR) is 71.1 cm³/mol. The zero-order valence-corrected chi connectivity index (χ0v) is 11.9. The van der Waals surface area contributed by atoms with Gasteiger partial charge in [0.2, 0.25) is 0 Å². The molecular formula is C14H15BrF2O. The van der Waals surface area contributed by atoms with E-state index in [-0.39, 0.29) is 15.5 Å². The monoisotopic (exact) mass is 316 g/mol. The number of allylic oxidation sites excluding steroid dienone is 1. The number of aliphatic hydroxyl groups excluding tert-OH is 1. The maximum absolute atomic E-state index is 14.0. The first-order valence-corrected chi connectivity index (χ1v) is 6.62. The molecule has 0 spiro atoms. The number of benzene rings is 1.